The number of oxime groups is 2. The first-order valence-electron chi connectivity index (χ1n) is 10.0. The van der Waals surface area contributed by atoms with Crippen molar-refractivity contribution in [3.63, 3.8) is 0 Å². The number of halogens is 2. The second-order valence-electron chi connectivity index (χ2n) is 6.90. The predicted molar refractivity (Wildman–Crippen MR) is 121 cm³/mol. The van der Waals surface area contributed by atoms with Crippen LogP contribution in [0.1, 0.15) is 5.56 Å². The summed E-state index contributed by atoms with van der Waals surface area (Å²) in [6.07, 6.45) is 1.61. The Bertz CT molecular complexity index is 1150. The van der Waals surface area contributed by atoms with Crippen molar-refractivity contribution in [3.8, 4) is 11.5 Å². The molecule has 0 saturated carbocycles. The maximum Gasteiger partial charge on any atom is 0.280 e. The quantitative estimate of drug-likeness (QED) is 0.436. The molecule has 0 N–H and O–H groups in total. The molecule has 2 aliphatic rings. The summed E-state index contributed by atoms with van der Waals surface area (Å²) in [7, 11) is 3.10. The Morgan fingerprint density at radius 2 is 1.85 bits per heavy atom. The van der Waals surface area contributed by atoms with Gasteiger partial charge in [-0.25, -0.2) is 0 Å². The lowest BCUT2D eigenvalue weighted by atomic mass is 10.1. The van der Waals surface area contributed by atoms with Gasteiger partial charge in [0.05, 0.1) is 10.6 Å². The summed E-state index contributed by atoms with van der Waals surface area (Å²) in [5, 5.41) is 8.27. The van der Waals surface area contributed by atoms with Crippen LogP contribution in [0.5, 0.6) is 11.5 Å². The van der Waals surface area contributed by atoms with E-state index in [2.05, 4.69) is 10.3 Å². The van der Waals surface area contributed by atoms with Crippen molar-refractivity contribution in [2.75, 3.05) is 33.9 Å². The second-order valence-corrected chi connectivity index (χ2v) is 7.31. The highest BCUT2D eigenvalue weighted by molar-refractivity contribution is 6.45. The van der Waals surface area contributed by atoms with E-state index in [1.165, 1.54) is 7.11 Å². The van der Waals surface area contributed by atoms with E-state index in [0.717, 1.165) is 0 Å². The Kier molecular flexibility index (Phi) is 6.99. The summed E-state index contributed by atoms with van der Waals surface area (Å²) in [5.41, 5.74) is 0.725. The van der Waals surface area contributed by atoms with Crippen LogP contribution in [0, 0.1) is 0 Å². The lowest BCUT2D eigenvalue weighted by Gasteiger charge is -2.27. The monoisotopic (exact) mass is 473 g/mol. The molecule has 0 unspecified atom stereocenters. The normalized spacial score (nSPS) is 16.4. The van der Waals surface area contributed by atoms with Crippen LogP contribution in [-0.2, 0) is 14.4 Å². The molecule has 0 saturated heterocycles. The first kappa shape index (κ1) is 22.5. The van der Waals surface area contributed by atoms with Crippen molar-refractivity contribution < 1.29 is 28.3 Å². The zero-order valence-corrected chi connectivity index (χ0v) is 18.7. The van der Waals surface area contributed by atoms with Crippen molar-refractivity contribution in [1.29, 1.82) is 0 Å². The molecule has 4 rings (SSSR count). The Balaban J connectivity index is 1.65. The fourth-order valence-corrected chi connectivity index (χ4v) is 3.26. The molecule has 0 radical (unpaired) electrons. The molecule has 0 amide bonds. The van der Waals surface area contributed by atoms with Crippen molar-refractivity contribution in [2.45, 2.75) is 0 Å². The van der Waals surface area contributed by atoms with Gasteiger partial charge >= 0.3 is 0 Å². The number of benzene rings is 2. The zero-order chi connectivity index (χ0) is 23.2. The highest BCUT2D eigenvalue weighted by atomic mass is 35.5. The minimum absolute atomic E-state index is 0.0119. The van der Waals surface area contributed by atoms with Gasteiger partial charge in [-0.2, -0.15) is 4.39 Å². The van der Waals surface area contributed by atoms with Gasteiger partial charge in [-0.1, -0.05) is 41.0 Å². The first-order valence-corrected chi connectivity index (χ1v) is 10.4. The van der Waals surface area contributed by atoms with Gasteiger partial charge in [0.2, 0.25) is 11.7 Å². The van der Waals surface area contributed by atoms with Crippen LogP contribution < -0.4 is 9.47 Å². The molecule has 0 atom stereocenters. The van der Waals surface area contributed by atoms with E-state index in [-0.39, 0.29) is 23.3 Å². The molecule has 0 aromatic heterocycles. The van der Waals surface area contributed by atoms with Gasteiger partial charge < -0.3 is 28.8 Å². The van der Waals surface area contributed by atoms with Gasteiger partial charge in [0.15, 0.2) is 18.1 Å². The summed E-state index contributed by atoms with van der Waals surface area (Å²) in [6.45, 7) is 0.988. The number of para-hydroxylation sites is 2. The van der Waals surface area contributed by atoms with E-state index in [1.807, 2.05) is 0 Å². The smallest absolute Gasteiger partial charge is 0.280 e. The van der Waals surface area contributed by atoms with E-state index < -0.39 is 5.83 Å². The molecule has 0 bridgehead atoms. The first-order chi connectivity index (χ1) is 16.1. The molecule has 33 heavy (non-hydrogen) atoms. The third kappa shape index (κ3) is 5.04. The van der Waals surface area contributed by atoms with Crippen LogP contribution in [-0.4, -0.2) is 50.4 Å². The predicted octanol–water partition coefficient (Wildman–Crippen LogP) is 4.48. The topological polar surface area (TPSA) is 74.1 Å². The fourth-order valence-electron chi connectivity index (χ4n) is 3.09. The van der Waals surface area contributed by atoms with Crippen LogP contribution in [0.3, 0.4) is 0 Å². The largest absolute Gasteiger partial charge is 0.470 e. The van der Waals surface area contributed by atoms with Gasteiger partial charge in [-0.3, -0.25) is 0 Å². The number of likely N-dealkylation sites (N-methyl/N-ethyl adjacent to an activating group) is 1. The van der Waals surface area contributed by atoms with Crippen molar-refractivity contribution in [2.24, 2.45) is 10.3 Å². The van der Waals surface area contributed by atoms with E-state index in [0.29, 0.717) is 41.8 Å². The summed E-state index contributed by atoms with van der Waals surface area (Å²) in [4.78, 5) is 11.7. The highest BCUT2D eigenvalue weighted by Gasteiger charge is 2.27. The number of hydrogen-bond donors (Lipinski definition) is 0. The molecule has 2 heterocycles. The summed E-state index contributed by atoms with van der Waals surface area (Å²) >= 11 is 6.17. The lowest BCUT2D eigenvalue weighted by molar-refractivity contribution is 0.0672. The molecular formula is C23H21ClFN3O5. The van der Waals surface area contributed by atoms with Crippen LogP contribution >= 0.6 is 11.6 Å². The Labute approximate surface area is 195 Å². The molecule has 172 valence electrons. The molecule has 2 aliphatic heterocycles. The van der Waals surface area contributed by atoms with Crippen LogP contribution in [0.25, 0.3) is 0 Å². The van der Waals surface area contributed by atoms with Crippen LogP contribution in [0.2, 0.25) is 5.02 Å². The summed E-state index contributed by atoms with van der Waals surface area (Å²) in [5.74, 6) is 0.0703. The minimum Gasteiger partial charge on any atom is -0.470 e. The second kappa shape index (κ2) is 10.3. The van der Waals surface area contributed by atoms with Crippen LogP contribution in [0.15, 0.2) is 82.4 Å². The van der Waals surface area contributed by atoms with Gasteiger partial charge in [0.25, 0.3) is 5.90 Å². The lowest BCUT2D eigenvalue weighted by Crippen LogP contribution is -2.28. The molecule has 0 fully saturated rings. The molecule has 0 spiro atoms. The van der Waals surface area contributed by atoms with Crippen molar-refractivity contribution in [3.05, 3.63) is 82.7 Å². The van der Waals surface area contributed by atoms with Gasteiger partial charge in [-0.15, -0.1) is 0 Å². The van der Waals surface area contributed by atoms with Crippen molar-refractivity contribution >= 4 is 23.2 Å². The number of nitrogens with zero attached hydrogens (tertiary/aromatic N) is 3. The van der Waals surface area contributed by atoms with Crippen LogP contribution in [0.4, 0.5) is 4.39 Å². The molecule has 2 aromatic rings. The van der Waals surface area contributed by atoms with Gasteiger partial charge in [0, 0.05) is 13.6 Å². The molecule has 10 heteroatoms. The third-order valence-electron chi connectivity index (χ3n) is 4.65. The average molecular weight is 474 g/mol. The third-order valence-corrected chi connectivity index (χ3v) is 4.96. The average Bonchev–Trinajstić information content (AvgIpc) is 2.84. The summed E-state index contributed by atoms with van der Waals surface area (Å²) < 4.78 is 32.7. The van der Waals surface area contributed by atoms with E-state index in [4.69, 9.17) is 35.5 Å². The number of rotatable bonds is 7. The molecular weight excluding hydrogens is 453 g/mol. The number of ether oxygens (including phenoxy) is 3. The SMILES string of the molecule is CO/N=C(/C1=NOCCO1)c1ccccc1OC1=CCN(C)C(Oc2ccccc2Cl)=C1F. The maximum absolute atomic E-state index is 15.5. The molecule has 2 aromatic carbocycles. The van der Waals surface area contributed by atoms with Gasteiger partial charge in [-0.05, 0) is 35.5 Å². The Morgan fingerprint density at radius 1 is 1.09 bits per heavy atom. The van der Waals surface area contributed by atoms with E-state index in [9.17, 15) is 0 Å². The summed E-state index contributed by atoms with van der Waals surface area (Å²) in [6, 6.07) is 13.8. The van der Waals surface area contributed by atoms with E-state index in [1.54, 1.807) is 66.6 Å². The fraction of sp³-hybridized carbons (Fsp3) is 0.217. The van der Waals surface area contributed by atoms with Gasteiger partial charge in [0.1, 0.15) is 25.2 Å². The zero-order valence-electron chi connectivity index (χ0n) is 18.0. The standard InChI is InChI=1S/C23H21ClFN3O5/c1-28-12-11-19(20(25)23(28)33-18-10-6-4-8-16(18)24)32-17-9-5-3-7-15(17)21(26-29-2)22-27-31-14-13-30-22/h3-11H,12-14H2,1-2H3/b26-21+. The minimum atomic E-state index is -0.682. The van der Waals surface area contributed by atoms with Crippen molar-refractivity contribution in [1.82, 2.24) is 4.90 Å². The highest BCUT2D eigenvalue weighted by Crippen LogP contribution is 2.32. The Morgan fingerprint density at radius 3 is 2.58 bits per heavy atom. The molecule has 8 nitrogen and oxygen atoms in total. The maximum atomic E-state index is 15.5. The number of allylic oxidation sites excluding steroid dienone is 1. The van der Waals surface area contributed by atoms with E-state index >= 15 is 4.39 Å². The Hall–Kier alpha value is -3.72. The number of hydrogen-bond acceptors (Lipinski definition) is 8. The molecule has 0 aliphatic carbocycles.